The van der Waals surface area contributed by atoms with Gasteiger partial charge in [-0.05, 0) is 49.2 Å². The number of hydrogen-bond acceptors (Lipinski definition) is 3. The molecule has 0 bridgehead atoms. The van der Waals surface area contributed by atoms with E-state index < -0.39 is 0 Å². The maximum atomic E-state index is 12.2. The summed E-state index contributed by atoms with van der Waals surface area (Å²) in [5.41, 5.74) is 3.42. The summed E-state index contributed by atoms with van der Waals surface area (Å²) in [5, 5.41) is 2.79. The molecule has 0 heterocycles. The Morgan fingerprint density at radius 1 is 0.962 bits per heavy atom. The lowest BCUT2D eigenvalue weighted by Gasteiger charge is -2.22. The lowest BCUT2D eigenvalue weighted by Crippen LogP contribution is -2.31. The fraction of sp³-hybridized carbons (Fsp3) is 0.286. The molecule has 0 aromatic heterocycles. The van der Waals surface area contributed by atoms with Crippen molar-refractivity contribution in [2.45, 2.75) is 33.7 Å². The van der Waals surface area contributed by atoms with Crippen molar-refractivity contribution < 1.29 is 14.4 Å². The number of rotatable bonds is 7. The molecule has 2 rings (SSSR count). The first-order valence-corrected chi connectivity index (χ1v) is 8.57. The van der Waals surface area contributed by atoms with Crippen LogP contribution in [0, 0.1) is 6.92 Å². The SMILES string of the molecule is CC(=O)c1ccc(NC(=O)CCN(Cc2ccccc2C)C(C)=O)cc1. The van der Waals surface area contributed by atoms with Gasteiger partial charge in [0.2, 0.25) is 11.8 Å². The van der Waals surface area contributed by atoms with Gasteiger partial charge in [0.1, 0.15) is 0 Å². The summed E-state index contributed by atoms with van der Waals surface area (Å²) in [6.45, 7) is 5.85. The van der Waals surface area contributed by atoms with Gasteiger partial charge < -0.3 is 10.2 Å². The zero-order valence-electron chi connectivity index (χ0n) is 15.4. The van der Waals surface area contributed by atoms with Crippen LogP contribution in [0.3, 0.4) is 0 Å². The fourth-order valence-electron chi connectivity index (χ4n) is 2.59. The van der Waals surface area contributed by atoms with E-state index in [0.717, 1.165) is 11.1 Å². The van der Waals surface area contributed by atoms with Crippen LogP contribution in [-0.2, 0) is 16.1 Å². The molecule has 0 aliphatic heterocycles. The molecular formula is C21H24N2O3. The largest absolute Gasteiger partial charge is 0.338 e. The standard InChI is InChI=1S/C21H24N2O3/c1-15-6-4-5-7-19(15)14-23(17(3)25)13-12-21(26)22-20-10-8-18(9-11-20)16(2)24/h4-11H,12-14H2,1-3H3,(H,22,26). The number of carbonyl (C=O) groups excluding carboxylic acids is 3. The molecule has 26 heavy (non-hydrogen) atoms. The van der Waals surface area contributed by atoms with Gasteiger partial charge >= 0.3 is 0 Å². The normalized spacial score (nSPS) is 10.3. The summed E-state index contributed by atoms with van der Waals surface area (Å²) < 4.78 is 0. The van der Waals surface area contributed by atoms with Crippen LogP contribution in [-0.4, -0.2) is 29.0 Å². The molecule has 0 saturated carbocycles. The molecular weight excluding hydrogens is 328 g/mol. The van der Waals surface area contributed by atoms with E-state index in [9.17, 15) is 14.4 Å². The van der Waals surface area contributed by atoms with Crippen LogP contribution in [0.25, 0.3) is 0 Å². The van der Waals surface area contributed by atoms with Gasteiger partial charge in [-0.25, -0.2) is 0 Å². The second-order valence-corrected chi connectivity index (χ2v) is 6.30. The van der Waals surface area contributed by atoms with Crippen LogP contribution in [0.2, 0.25) is 0 Å². The Kier molecular flexibility index (Phi) is 6.67. The summed E-state index contributed by atoms with van der Waals surface area (Å²) in [4.78, 5) is 37.0. The summed E-state index contributed by atoms with van der Waals surface area (Å²) in [6, 6.07) is 14.7. The molecule has 0 atom stereocenters. The number of hydrogen-bond donors (Lipinski definition) is 1. The minimum atomic E-state index is -0.170. The van der Waals surface area contributed by atoms with Gasteiger partial charge in [-0.15, -0.1) is 0 Å². The van der Waals surface area contributed by atoms with Crippen molar-refractivity contribution in [2.75, 3.05) is 11.9 Å². The number of anilines is 1. The number of carbonyl (C=O) groups is 3. The maximum absolute atomic E-state index is 12.2. The van der Waals surface area contributed by atoms with Gasteiger partial charge in [-0.1, -0.05) is 24.3 Å². The number of benzene rings is 2. The Balaban J connectivity index is 1.91. The van der Waals surface area contributed by atoms with Crippen LogP contribution in [0.4, 0.5) is 5.69 Å². The van der Waals surface area contributed by atoms with Crippen molar-refractivity contribution in [3.8, 4) is 0 Å². The van der Waals surface area contributed by atoms with Crippen molar-refractivity contribution >= 4 is 23.3 Å². The summed E-state index contributed by atoms with van der Waals surface area (Å²) in [7, 11) is 0. The first kappa shape index (κ1) is 19.4. The summed E-state index contributed by atoms with van der Waals surface area (Å²) in [6.07, 6.45) is 0.208. The van der Waals surface area contributed by atoms with Crippen LogP contribution in [0.1, 0.15) is 41.8 Å². The molecule has 0 aliphatic rings. The number of aryl methyl sites for hydroxylation is 1. The summed E-state index contributed by atoms with van der Waals surface area (Å²) in [5.74, 6) is -0.250. The maximum Gasteiger partial charge on any atom is 0.226 e. The first-order chi connectivity index (χ1) is 12.4. The highest BCUT2D eigenvalue weighted by Crippen LogP contribution is 2.13. The van der Waals surface area contributed by atoms with Crippen LogP contribution in [0.5, 0.6) is 0 Å². The first-order valence-electron chi connectivity index (χ1n) is 8.57. The van der Waals surface area contributed by atoms with Gasteiger partial charge in [0, 0.05) is 37.7 Å². The van der Waals surface area contributed by atoms with E-state index in [0.29, 0.717) is 24.3 Å². The number of nitrogens with zero attached hydrogens (tertiary/aromatic N) is 1. The molecule has 1 N–H and O–H groups in total. The molecule has 0 saturated heterocycles. The zero-order chi connectivity index (χ0) is 19.1. The highest BCUT2D eigenvalue weighted by molar-refractivity contribution is 5.95. The predicted octanol–water partition coefficient (Wildman–Crippen LogP) is 3.57. The third-order valence-electron chi connectivity index (χ3n) is 4.25. The van der Waals surface area contributed by atoms with Gasteiger partial charge in [-0.2, -0.15) is 0 Å². The van der Waals surface area contributed by atoms with E-state index in [1.165, 1.54) is 13.8 Å². The fourth-order valence-corrected chi connectivity index (χ4v) is 2.59. The minimum absolute atomic E-state index is 0.0174. The molecule has 0 unspecified atom stereocenters. The Labute approximate surface area is 154 Å². The number of amides is 2. The van der Waals surface area contributed by atoms with Crippen LogP contribution >= 0.6 is 0 Å². The van der Waals surface area contributed by atoms with E-state index in [2.05, 4.69) is 5.32 Å². The lowest BCUT2D eigenvalue weighted by molar-refractivity contribution is -0.129. The highest BCUT2D eigenvalue weighted by Gasteiger charge is 2.13. The van der Waals surface area contributed by atoms with Crippen molar-refractivity contribution in [2.24, 2.45) is 0 Å². The molecule has 5 nitrogen and oxygen atoms in total. The smallest absolute Gasteiger partial charge is 0.226 e. The Hall–Kier alpha value is -2.95. The Morgan fingerprint density at radius 3 is 2.19 bits per heavy atom. The van der Waals surface area contributed by atoms with Gasteiger partial charge in [0.25, 0.3) is 0 Å². The van der Waals surface area contributed by atoms with Crippen molar-refractivity contribution in [3.63, 3.8) is 0 Å². The van der Waals surface area contributed by atoms with Crippen LogP contribution in [0.15, 0.2) is 48.5 Å². The molecule has 0 spiro atoms. The lowest BCUT2D eigenvalue weighted by atomic mass is 10.1. The van der Waals surface area contributed by atoms with E-state index in [1.54, 1.807) is 29.2 Å². The predicted molar refractivity (Wildman–Crippen MR) is 102 cm³/mol. The number of nitrogens with one attached hydrogen (secondary N) is 1. The van der Waals surface area contributed by atoms with Gasteiger partial charge in [-0.3, -0.25) is 14.4 Å². The molecule has 0 fully saturated rings. The van der Waals surface area contributed by atoms with E-state index >= 15 is 0 Å². The molecule has 5 heteroatoms. The van der Waals surface area contributed by atoms with Gasteiger partial charge in [0.05, 0.1) is 0 Å². The molecule has 2 aromatic carbocycles. The molecule has 2 aromatic rings. The third kappa shape index (κ3) is 5.55. The van der Waals surface area contributed by atoms with Crippen LogP contribution < -0.4 is 5.32 Å². The molecule has 136 valence electrons. The Bertz CT molecular complexity index is 797. The highest BCUT2D eigenvalue weighted by atomic mass is 16.2. The van der Waals surface area contributed by atoms with E-state index in [4.69, 9.17) is 0 Å². The summed E-state index contributed by atoms with van der Waals surface area (Å²) >= 11 is 0. The van der Waals surface area contributed by atoms with Crippen molar-refractivity contribution in [1.82, 2.24) is 4.90 Å². The monoisotopic (exact) mass is 352 g/mol. The van der Waals surface area contributed by atoms with E-state index in [-0.39, 0.29) is 24.0 Å². The van der Waals surface area contributed by atoms with Crippen molar-refractivity contribution in [3.05, 3.63) is 65.2 Å². The second-order valence-electron chi connectivity index (χ2n) is 6.30. The topological polar surface area (TPSA) is 66.5 Å². The Morgan fingerprint density at radius 2 is 1.62 bits per heavy atom. The quantitative estimate of drug-likeness (QED) is 0.775. The zero-order valence-corrected chi connectivity index (χ0v) is 15.4. The number of Topliss-reactive ketones (excluding diaryl/α,β-unsaturated/α-hetero) is 1. The molecule has 0 aliphatic carbocycles. The average Bonchev–Trinajstić information content (AvgIpc) is 2.60. The average molecular weight is 352 g/mol. The second kappa shape index (κ2) is 8.94. The number of ketones is 1. The molecule has 2 amide bonds. The third-order valence-corrected chi connectivity index (χ3v) is 4.25. The van der Waals surface area contributed by atoms with Crippen molar-refractivity contribution in [1.29, 1.82) is 0 Å². The minimum Gasteiger partial charge on any atom is -0.338 e. The molecule has 0 radical (unpaired) electrons. The van der Waals surface area contributed by atoms with Gasteiger partial charge in [0.15, 0.2) is 5.78 Å². The van der Waals surface area contributed by atoms with E-state index in [1.807, 2.05) is 31.2 Å².